The van der Waals surface area contributed by atoms with Crippen LogP contribution in [0.2, 0.25) is 0 Å². The molecule has 0 aliphatic rings. The van der Waals surface area contributed by atoms with Gasteiger partial charge in [0.25, 0.3) is 0 Å². The summed E-state index contributed by atoms with van der Waals surface area (Å²) in [6.07, 6.45) is 0. The Morgan fingerprint density at radius 3 is 0.852 bits per heavy atom. The number of Topliss-reactive ketones (excluding diaryl/α,β-unsaturated/α-hetero) is 2. The first kappa shape index (κ1) is 29.9. The van der Waals surface area contributed by atoms with Gasteiger partial charge in [-0.3, -0.25) is 19.2 Å². The largest absolute Gasteiger partial charge is 0.387 e. The number of ketones is 2. The van der Waals surface area contributed by atoms with Gasteiger partial charge in [0, 0.05) is 28.9 Å². The zero-order valence-corrected chi connectivity index (χ0v) is 17.8. The summed E-state index contributed by atoms with van der Waals surface area (Å²) in [6, 6.07) is 0. The van der Waals surface area contributed by atoms with Crippen molar-refractivity contribution in [1.82, 2.24) is 0 Å². The third-order valence-corrected chi connectivity index (χ3v) is 2.78. The van der Waals surface area contributed by atoms with Crippen LogP contribution in [-0.2, 0) is 55.3 Å². The van der Waals surface area contributed by atoms with Gasteiger partial charge >= 0.3 is 23.9 Å². The number of hydrogen-bond acceptors (Lipinski definition) is 8. The van der Waals surface area contributed by atoms with Crippen LogP contribution in [0.4, 0.5) is 0 Å². The van der Waals surface area contributed by atoms with E-state index in [0.29, 0.717) is 0 Å². The first-order valence-corrected chi connectivity index (χ1v) is 8.31. The SMILES string of the molecule is CC(C)C(=O)OC(=O)C(=O)C(C)C.CC(C)C(=O)OC(=O)C(=O)C(C)C.[Cu]. The average molecular weight is 436 g/mol. The standard InChI is InChI=1S/2C9H14O4.Cu/c2*1-5(2)7(10)9(12)13-8(11)6(3)4;/h2*5-6H,1-4H3;. The van der Waals surface area contributed by atoms with Crippen molar-refractivity contribution in [3.63, 3.8) is 0 Å². The molecule has 0 unspecified atom stereocenters. The van der Waals surface area contributed by atoms with Crippen LogP contribution >= 0.6 is 0 Å². The maximum Gasteiger partial charge on any atom is 0.382 e. The Morgan fingerprint density at radius 1 is 0.481 bits per heavy atom. The second kappa shape index (κ2) is 14.2. The molecular weight excluding hydrogens is 408 g/mol. The van der Waals surface area contributed by atoms with Gasteiger partial charge in [0.15, 0.2) is 0 Å². The molecule has 27 heavy (non-hydrogen) atoms. The van der Waals surface area contributed by atoms with Crippen LogP contribution in [0.1, 0.15) is 55.4 Å². The maximum atomic E-state index is 11.0. The molecule has 159 valence electrons. The minimum absolute atomic E-state index is 0. The summed E-state index contributed by atoms with van der Waals surface area (Å²) in [5.74, 6) is -6.48. The van der Waals surface area contributed by atoms with Crippen LogP contribution in [0.5, 0.6) is 0 Å². The quantitative estimate of drug-likeness (QED) is 0.268. The predicted octanol–water partition coefficient (Wildman–Crippen LogP) is 1.87. The molecule has 1 radical (unpaired) electrons. The zero-order chi connectivity index (χ0) is 21.2. The van der Waals surface area contributed by atoms with Crippen LogP contribution in [0.15, 0.2) is 0 Å². The molecule has 0 rings (SSSR count). The molecule has 0 saturated carbocycles. The van der Waals surface area contributed by atoms with Crippen molar-refractivity contribution in [2.24, 2.45) is 23.7 Å². The maximum absolute atomic E-state index is 11.0. The number of ether oxygens (including phenoxy) is 2. The molecule has 0 saturated heterocycles. The van der Waals surface area contributed by atoms with Crippen molar-refractivity contribution in [2.45, 2.75) is 55.4 Å². The van der Waals surface area contributed by atoms with Crippen molar-refractivity contribution in [3.05, 3.63) is 0 Å². The molecule has 0 fully saturated rings. The molecule has 0 bridgehead atoms. The molecule has 0 heterocycles. The fourth-order valence-electron chi connectivity index (χ4n) is 0.990. The molecule has 9 heteroatoms. The second-order valence-corrected chi connectivity index (χ2v) is 6.76. The van der Waals surface area contributed by atoms with Gasteiger partial charge in [-0.2, -0.15) is 0 Å². The predicted molar refractivity (Wildman–Crippen MR) is 91.6 cm³/mol. The molecule has 8 nitrogen and oxygen atoms in total. The van der Waals surface area contributed by atoms with Crippen molar-refractivity contribution in [2.75, 3.05) is 0 Å². The second-order valence-electron chi connectivity index (χ2n) is 6.76. The molecule has 0 N–H and O–H groups in total. The Hall–Kier alpha value is -1.86. The van der Waals surface area contributed by atoms with Crippen molar-refractivity contribution in [1.29, 1.82) is 0 Å². The summed E-state index contributed by atoms with van der Waals surface area (Å²) in [5, 5.41) is 0. The van der Waals surface area contributed by atoms with E-state index in [9.17, 15) is 28.8 Å². The van der Waals surface area contributed by atoms with Crippen LogP contribution in [-0.4, -0.2) is 35.4 Å². The van der Waals surface area contributed by atoms with Crippen LogP contribution in [0.3, 0.4) is 0 Å². The third kappa shape index (κ3) is 13.0. The van der Waals surface area contributed by atoms with E-state index in [0.717, 1.165) is 0 Å². The van der Waals surface area contributed by atoms with Gasteiger partial charge < -0.3 is 9.47 Å². The van der Waals surface area contributed by atoms with Gasteiger partial charge in [-0.05, 0) is 0 Å². The van der Waals surface area contributed by atoms with Gasteiger partial charge in [0.05, 0.1) is 11.8 Å². The van der Waals surface area contributed by atoms with E-state index in [1.54, 1.807) is 55.4 Å². The van der Waals surface area contributed by atoms with E-state index in [1.807, 2.05) is 0 Å². The Morgan fingerprint density at radius 2 is 0.704 bits per heavy atom. The fourth-order valence-corrected chi connectivity index (χ4v) is 0.990. The minimum atomic E-state index is -1.06. The van der Waals surface area contributed by atoms with E-state index in [2.05, 4.69) is 9.47 Å². The third-order valence-electron chi connectivity index (χ3n) is 2.78. The van der Waals surface area contributed by atoms with Crippen molar-refractivity contribution < 1.29 is 55.3 Å². The smallest absolute Gasteiger partial charge is 0.382 e. The number of hydrogen-bond donors (Lipinski definition) is 0. The average Bonchev–Trinajstić information content (AvgIpc) is 2.52. The topological polar surface area (TPSA) is 121 Å². The molecule has 0 aromatic rings. The summed E-state index contributed by atoms with van der Waals surface area (Å²) >= 11 is 0. The van der Waals surface area contributed by atoms with Crippen LogP contribution in [0, 0.1) is 23.7 Å². The molecule has 0 aromatic carbocycles. The van der Waals surface area contributed by atoms with E-state index in [4.69, 9.17) is 0 Å². The van der Waals surface area contributed by atoms with E-state index < -0.39 is 59.1 Å². The van der Waals surface area contributed by atoms with Crippen LogP contribution < -0.4 is 0 Å². The molecule has 0 aliphatic carbocycles. The number of carbonyl (C=O) groups is 6. The minimum Gasteiger partial charge on any atom is -0.387 e. The van der Waals surface area contributed by atoms with Crippen LogP contribution in [0.25, 0.3) is 0 Å². The van der Waals surface area contributed by atoms with Gasteiger partial charge in [-0.1, -0.05) is 55.4 Å². The molecule has 0 atom stereocenters. The first-order valence-electron chi connectivity index (χ1n) is 8.31. The normalized spacial score (nSPS) is 9.93. The summed E-state index contributed by atoms with van der Waals surface area (Å²) in [6.45, 7) is 12.7. The first-order chi connectivity index (χ1) is 11.7. The molecule has 0 amide bonds. The zero-order valence-electron chi connectivity index (χ0n) is 16.9. The van der Waals surface area contributed by atoms with Crippen molar-refractivity contribution >= 4 is 35.4 Å². The Labute approximate surface area is 170 Å². The summed E-state index contributed by atoms with van der Waals surface area (Å²) < 4.78 is 8.62. The summed E-state index contributed by atoms with van der Waals surface area (Å²) in [7, 11) is 0. The number of esters is 4. The molecule has 0 aromatic heterocycles. The van der Waals surface area contributed by atoms with E-state index >= 15 is 0 Å². The summed E-state index contributed by atoms with van der Waals surface area (Å²) in [4.78, 5) is 65.5. The monoisotopic (exact) mass is 435 g/mol. The number of rotatable bonds is 6. The Balaban J connectivity index is -0.000000411. The molecular formula is C18H28CuO8. The van der Waals surface area contributed by atoms with Gasteiger partial charge in [0.2, 0.25) is 11.6 Å². The molecule has 0 spiro atoms. The van der Waals surface area contributed by atoms with Gasteiger partial charge in [-0.25, -0.2) is 9.59 Å². The van der Waals surface area contributed by atoms with Crippen molar-refractivity contribution in [3.8, 4) is 0 Å². The molecule has 0 aliphatic heterocycles. The Kier molecular flexibility index (Phi) is 15.7. The van der Waals surface area contributed by atoms with E-state index in [-0.39, 0.29) is 17.1 Å². The fraction of sp³-hybridized carbons (Fsp3) is 0.667. The van der Waals surface area contributed by atoms with Gasteiger partial charge in [0.1, 0.15) is 0 Å². The Bertz CT molecular complexity index is 512. The van der Waals surface area contributed by atoms with Gasteiger partial charge in [-0.15, -0.1) is 0 Å². The van der Waals surface area contributed by atoms with E-state index in [1.165, 1.54) is 0 Å². The number of carbonyl (C=O) groups excluding carboxylic acids is 6. The summed E-state index contributed by atoms with van der Waals surface area (Å²) in [5.41, 5.74) is 0.